The lowest BCUT2D eigenvalue weighted by Crippen LogP contribution is -2.30. The Kier molecular flexibility index (Phi) is 6.69. The number of halogens is 2. The molecule has 9 heteroatoms. The van der Waals surface area contributed by atoms with Crippen molar-refractivity contribution in [1.82, 2.24) is 14.8 Å². The van der Waals surface area contributed by atoms with Crippen molar-refractivity contribution < 1.29 is 18.7 Å². The Morgan fingerprint density at radius 3 is 2.58 bits per heavy atom. The first-order valence-electron chi connectivity index (χ1n) is 11.4. The minimum absolute atomic E-state index is 0.0163. The van der Waals surface area contributed by atoms with E-state index in [1.165, 1.54) is 12.4 Å². The number of fused-ring (bicyclic) bond motifs is 1. The second-order valence-corrected chi connectivity index (χ2v) is 8.40. The summed E-state index contributed by atoms with van der Waals surface area (Å²) in [4.78, 5) is 17.6. The fourth-order valence-electron chi connectivity index (χ4n) is 4.10. The molecule has 0 spiro atoms. The Morgan fingerprint density at radius 2 is 1.86 bits per heavy atom. The Balaban J connectivity index is 1.51. The molecule has 0 bridgehead atoms. The Bertz CT molecular complexity index is 1400. The smallest absolute Gasteiger partial charge is 0.338 e. The second-order valence-electron chi connectivity index (χ2n) is 7.99. The predicted molar refractivity (Wildman–Crippen MR) is 134 cm³/mol. The molecule has 1 atom stereocenters. The van der Waals surface area contributed by atoms with E-state index in [1.54, 1.807) is 35.9 Å². The van der Waals surface area contributed by atoms with E-state index in [1.807, 2.05) is 42.5 Å². The van der Waals surface area contributed by atoms with E-state index in [0.29, 0.717) is 28.0 Å². The molecule has 5 rings (SSSR count). The van der Waals surface area contributed by atoms with Gasteiger partial charge in [-0.25, -0.2) is 13.9 Å². The molecule has 0 amide bonds. The Labute approximate surface area is 212 Å². The molecule has 0 fully saturated rings. The molecule has 0 aliphatic carbocycles. The van der Waals surface area contributed by atoms with Gasteiger partial charge >= 0.3 is 5.97 Å². The van der Waals surface area contributed by atoms with Gasteiger partial charge in [-0.15, -0.1) is 0 Å². The first-order valence-corrected chi connectivity index (χ1v) is 11.7. The van der Waals surface area contributed by atoms with Crippen LogP contribution in [-0.4, -0.2) is 27.3 Å². The van der Waals surface area contributed by atoms with Crippen LogP contribution in [0.1, 0.15) is 29.7 Å². The second kappa shape index (κ2) is 10.2. The molecule has 3 aromatic carbocycles. The molecule has 182 valence electrons. The number of anilines is 1. The quantitative estimate of drug-likeness (QED) is 0.328. The highest BCUT2D eigenvalue weighted by Gasteiger charge is 2.36. The van der Waals surface area contributed by atoms with Crippen molar-refractivity contribution in [1.29, 1.82) is 0 Å². The SMILES string of the molecule is CCOC(=O)C1=C(c2ccccc2)Nc2ncnn2[C@H]1c1ccc(OCc2c(F)cccc2Cl)cc1. The van der Waals surface area contributed by atoms with Gasteiger partial charge in [0.15, 0.2) is 0 Å². The van der Waals surface area contributed by atoms with Crippen LogP contribution in [-0.2, 0) is 16.1 Å². The average Bonchev–Trinajstić information content (AvgIpc) is 3.37. The average molecular weight is 505 g/mol. The van der Waals surface area contributed by atoms with E-state index in [2.05, 4.69) is 15.4 Å². The summed E-state index contributed by atoms with van der Waals surface area (Å²) in [5.41, 5.74) is 2.90. The summed E-state index contributed by atoms with van der Waals surface area (Å²) in [6.07, 6.45) is 1.43. The minimum Gasteiger partial charge on any atom is -0.489 e. The molecule has 1 aliphatic heterocycles. The van der Waals surface area contributed by atoms with Gasteiger partial charge in [0.1, 0.15) is 30.5 Å². The lowest BCUT2D eigenvalue weighted by molar-refractivity contribution is -0.138. The first-order chi connectivity index (χ1) is 17.6. The summed E-state index contributed by atoms with van der Waals surface area (Å²) < 4.78 is 27.0. The third-order valence-electron chi connectivity index (χ3n) is 5.80. The van der Waals surface area contributed by atoms with E-state index in [9.17, 15) is 9.18 Å². The molecular weight excluding hydrogens is 483 g/mol. The van der Waals surface area contributed by atoms with Crippen molar-refractivity contribution in [2.75, 3.05) is 11.9 Å². The normalized spacial score (nSPS) is 14.7. The number of rotatable bonds is 7. The number of carbonyl (C=O) groups is 1. The summed E-state index contributed by atoms with van der Waals surface area (Å²) in [5, 5.41) is 7.91. The summed E-state index contributed by atoms with van der Waals surface area (Å²) >= 11 is 6.10. The van der Waals surface area contributed by atoms with Crippen molar-refractivity contribution in [3.8, 4) is 5.75 Å². The van der Waals surface area contributed by atoms with Crippen molar-refractivity contribution in [3.63, 3.8) is 0 Å². The topological polar surface area (TPSA) is 78.3 Å². The van der Waals surface area contributed by atoms with Crippen molar-refractivity contribution in [3.05, 3.63) is 112 Å². The molecule has 0 saturated carbocycles. The van der Waals surface area contributed by atoms with Gasteiger partial charge in [0.25, 0.3) is 0 Å². The van der Waals surface area contributed by atoms with Gasteiger partial charge in [0.2, 0.25) is 5.95 Å². The maximum atomic E-state index is 14.1. The highest BCUT2D eigenvalue weighted by atomic mass is 35.5. The summed E-state index contributed by atoms with van der Waals surface area (Å²) in [6, 6.07) is 20.6. The van der Waals surface area contributed by atoms with Crippen LogP contribution >= 0.6 is 11.6 Å². The number of nitrogens with one attached hydrogen (secondary N) is 1. The van der Waals surface area contributed by atoms with Crippen LogP contribution in [0.3, 0.4) is 0 Å². The molecule has 1 aliphatic rings. The van der Waals surface area contributed by atoms with E-state index >= 15 is 0 Å². The van der Waals surface area contributed by atoms with Gasteiger partial charge in [-0.1, -0.05) is 60.1 Å². The van der Waals surface area contributed by atoms with Gasteiger partial charge in [-0.2, -0.15) is 10.1 Å². The van der Waals surface area contributed by atoms with Crippen LogP contribution < -0.4 is 10.1 Å². The van der Waals surface area contributed by atoms with Crippen LogP contribution in [0.2, 0.25) is 5.02 Å². The zero-order chi connectivity index (χ0) is 25.1. The van der Waals surface area contributed by atoms with Crippen LogP contribution in [0, 0.1) is 5.82 Å². The third kappa shape index (κ3) is 4.55. The standard InChI is InChI=1S/C27H22ClFN4O3/c1-2-35-26(34)23-24(17-7-4-3-5-8-17)32-27-30-16-31-33(27)25(23)18-11-13-19(14-12-18)36-15-20-21(28)9-6-10-22(20)29/h3-14,16,25H,2,15H2,1H3,(H,30,31,32)/t25-/m0/s1. The van der Waals surface area contributed by atoms with Crippen LogP contribution in [0.5, 0.6) is 5.75 Å². The van der Waals surface area contributed by atoms with Crippen LogP contribution in [0.4, 0.5) is 10.3 Å². The number of hydrogen-bond donors (Lipinski definition) is 1. The molecule has 36 heavy (non-hydrogen) atoms. The lowest BCUT2D eigenvalue weighted by Gasteiger charge is -2.29. The maximum Gasteiger partial charge on any atom is 0.338 e. The first kappa shape index (κ1) is 23.6. The highest BCUT2D eigenvalue weighted by molar-refractivity contribution is 6.31. The van der Waals surface area contributed by atoms with E-state index in [0.717, 1.165) is 11.1 Å². The van der Waals surface area contributed by atoms with Crippen LogP contribution in [0.25, 0.3) is 5.70 Å². The van der Waals surface area contributed by atoms with E-state index in [-0.39, 0.29) is 18.8 Å². The fourth-order valence-corrected chi connectivity index (χ4v) is 4.32. The number of aromatic nitrogens is 3. The van der Waals surface area contributed by atoms with Gasteiger partial charge in [-0.3, -0.25) is 0 Å². The highest BCUT2D eigenvalue weighted by Crippen LogP contribution is 2.39. The number of hydrogen-bond acceptors (Lipinski definition) is 6. The Morgan fingerprint density at radius 1 is 1.08 bits per heavy atom. The maximum absolute atomic E-state index is 14.1. The monoisotopic (exact) mass is 504 g/mol. The summed E-state index contributed by atoms with van der Waals surface area (Å²) in [7, 11) is 0. The van der Waals surface area contributed by atoms with Crippen molar-refractivity contribution in [2.45, 2.75) is 19.6 Å². The summed E-state index contributed by atoms with van der Waals surface area (Å²) in [5.74, 6) is 0.145. The molecular formula is C27H22ClFN4O3. The molecule has 0 saturated heterocycles. The van der Waals surface area contributed by atoms with Gasteiger partial charge in [0.05, 0.1) is 22.9 Å². The van der Waals surface area contributed by atoms with Gasteiger partial charge in [0, 0.05) is 5.56 Å². The zero-order valence-electron chi connectivity index (χ0n) is 19.3. The lowest BCUT2D eigenvalue weighted by atomic mass is 9.93. The summed E-state index contributed by atoms with van der Waals surface area (Å²) in [6.45, 7) is 1.98. The number of carbonyl (C=O) groups excluding carboxylic acids is 1. The molecule has 1 N–H and O–H groups in total. The van der Waals surface area contributed by atoms with Crippen molar-refractivity contribution >= 4 is 29.2 Å². The molecule has 0 unspecified atom stereocenters. The molecule has 4 aromatic rings. The van der Waals surface area contributed by atoms with Gasteiger partial charge in [-0.05, 0) is 42.3 Å². The predicted octanol–water partition coefficient (Wildman–Crippen LogP) is 5.64. The number of ether oxygens (including phenoxy) is 2. The van der Waals surface area contributed by atoms with Crippen LogP contribution in [0.15, 0.2) is 84.7 Å². The Hall–Kier alpha value is -4.17. The molecule has 0 radical (unpaired) electrons. The largest absolute Gasteiger partial charge is 0.489 e. The van der Waals surface area contributed by atoms with Crippen molar-refractivity contribution in [2.24, 2.45) is 0 Å². The van der Waals surface area contributed by atoms with Gasteiger partial charge < -0.3 is 14.8 Å². The fraction of sp³-hybridized carbons (Fsp3) is 0.148. The van der Waals surface area contributed by atoms with E-state index < -0.39 is 17.8 Å². The molecule has 1 aromatic heterocycles. The minimum atomic E-state index is -0.590. The number of benzene rings is 3. The zero-order valence-corrected chi connectivity index (χ0v) is 20.1. The third-order valence-corrected chi connectivity index (χ3v) is 6.15. The molecule has 7 nitrogen and oxygen atoms in total. The number of nitrogens with zero attached hydrogens (tertiary/aromatic N) is 3. The number of esters is 1. The molecule has 2 heterocycles. The van der Waals surface area contributed by atoms with E-state index in [4.69, 9.17) is 21.1 Å².